The Morgan fingerprint density at radius 3 is 3.11 bits per heavy atom. The molecule has 2 heterocycles. The van der Waals surface area contributed by atoms with E-state index in [9.17, 15) is 4.79 Å². The summed E-state index contributed by atoms with van der Waals surface area (Å²) in [5, 5.41) is 3.50. The Hall–Kier alpha value is -1.29. The number of furan rings is 1. The summed E-state index contributed by atoms with van der Waals surface area (Å²) in [5.41, 5.74) is 0.700. The van der Waals surface area contributed by atoms with Crippen molar-refractivity contribution >= 4 is 5.91 Å². The summed E-state index contributed by atoms with van der Waals surface area (Å²) in [5.74, 6) is 0.813. The number of hydrogen-bond acceptors (Lipinski definition) is 3. The Morgan fingerprint density at radius 1 is 1.61 bits per heavy atom. The zero-order valence-corrected chi connectivity index (χ0v) is 11.2. The fraction of sp³-hybridized carbons (Fsp3) is 0.643. The molecule has 18 heavy (non-hydrogen) atoms. The van der Waals surface area contributed by atoms with E-state index in [-0.39, 0.29) is 5.91 Å². The summed E-state index contributed by atoms with van der Waals surface area (Å²) in [6, 6.07) is 2.20. The lowest BCUT2D eigenvalue weighted by atomic mass is 10.0. The lowest BCUT2D eigenvalue weighted by molar-refractivity contribution is 0.0693. The number of hydrogen-bond donors (Lipinski definition) is 1. The normalized spacial score (nSPS) is 20.1. The molecule has 100 valence electrons. The highest BCUT2D eigenvalue weighted by Crippen LogP contribution is 2.16. The monoisotopic (exact) mass is 250 g/mol. The first-order valence-electron chi connectivity index (χ1n) is 6.79. The highest BCUT2D eigenvalue weighted by atomic mass is 16.3. The van der Waals surface area contributed by atoms with Gasteiger partial charge in [-0.15, -0.1) is 0 Å². The molecule has 1 amide bonds. The van der Waals surface area contributed by atoms with E-state index in [0.717, 1.165) is 38.9 Å². The van der Waals surface area contributed by atoms with Crippen LogP contribution in [0.25, 0.3) is 0 Å². The summed E-state index contributed by atoms with van der Waals surface area (Å²) < 4.78 is 5.21. The zero-order chi connectivity index (χ0) is 13.0. The first-order valence-corrected chi connectivity index (χ1v) is 6.79. The second kappa shape index (κ2) is 6.05. The van der Waals surface area contributed by atoms with Crippen molar-refractivity contribution in [3.05, 3.63) is 23.7 Å². The van der Waals surface area contributed by atoms with Crippen LogP contribution in [0.15, 0.2) is 16.7 Å². The molecule has 2 rings (SSSR count). The third-order valence-electron chi connectivity index (χ3n) is 3.48. The topological polar surface area (TPSA) is 45.5 Å². The van der Waals surface area contributed by atoms with E-state index in [1.165, 1.54) is 0 Å². The van der Waals surface area contributed by atoms with E-state index in [2.05, 4.69) is 12.2 Å². The van der Waals surface area contributed by atoms with Crippen molar-refractivity contribution in [3.63, 3.8) is 0 Å². The van der Waals surface area contributed by atoms with Crippen molar-refractivity contribution in [2.45, 2.75) is 39.2 Å². The Bertz CT molecular complexity index is 400. The van der Waals surface area contributed by atoms with Gasteiger partial charge in [-0.3, -0.25) is 4.79 Å². The van der Waals surface area contributed by atoms with E-state index in [1.807, 2.05) is 11.8 Å². The number of likely N-dealkylation sites (tertiary alicyclic amines) is 1. The number of rotatable bonds is 4. The van der Waals surface area contributed by atoms with Crippen LogP contribution in [0.1, 0.15) is 42.3 Å². The summed E-state index contributed by atoms with van der Waals surface area (Å²) in [7, 11) is 0. The molecule has 1 N–H and O–H groups in total. The van der Waals surface area contributed by atoms with Gasteiger partial charge < -0.3 is 14.6 Å². The number of carbonyl (C=O) groups excluding carboxylic acids is 1. The second-order valence-corrected chi connectivity index (χ2v) is 4.93. The summed E-state index contributed by atoms with van der Waals surface area (Å²) in [4.78, 5) is 14.3. The average molecular weight is 250 g/mol. The zero-order valence-electron chi connectivity index (χ0n) is 11.2. The van der Waals surface area contributed by atoms with Crippen LogP contribution >= 0.6 is 0 Å². The number of aryl methyl sites for hydroxylation is 1. The van der Waals surface area contributed by atoms with Crippen LogP contribution in [0.4, 0.5) is 0 Å². The van der Waals surface area contributed by atoms with Gasteiger partial charge in [-0.1, -0.05) is 6.92 Å². The van der Waals surface area contributed by atoms with E-state index in [0.29, 0.717) is 17.4 Å². The van der Waals surface area contributed by atoms with Crippen molar-refractivity contribution in [2.75, 3.05) is 19.6 Å². The fourth-order valence-electron chi connectivity index (χ4n) is 2.45. The minimum absolute atomic E-state index is 0.101. The highest BCUT2D eigenvalue weighted by molar-refractivity contribution is 5.95. The van der Waals surface area contributed by atoms with Gasteiger partial charge in [0.2, 0.25) is 0 Å². The Balaban J connectivity index is 1.96. The smallest absolute Gasteiger partial charge is 0.257 e. The van der Waals surface area contributed by atoms with Crippen LogP contribution < -0.4 is 5.32 Å². The molecule has 1 atom stereocenters. The average Bonchev–Trinajstić information content (AvgIpc) is 2.82. The van der Waals surface area contributed by atoms with Gasteiger partial charge >= 0.3 is 0 Å². The summed E-state index contributed by atoms with van der Waals surface area (Å²) in [6.45, 7) is 6.69. The predicted octanol–water partition coefficient (Wildman–Crippen LogP) is 2.19. The maximum atomic E-state index is 12.3. The third-order valence-corrected chi connectivity index (χ3v) is 3.48. The molecule has 1 fully saturated rings. The SMILES string of the molecule is CCCNC1CCCN(C(=O)c2ccoc2C)C1. The van der Waals surface area contributed by atoms with Crippen LogP contribution in [0.5, 0.6) is 0 Å². The molecule has 1 saturated heterocycles. The number of nitrogens with one attached hydrogen (secondary N) is 1. The van der Waals surface area contributed by atoms with Gasteiger partial charge in [-0.05, 0) is 38.8 Å². The maximum absolute atomic E-state index is 12.3. The number of amides is 1. The molecule has 0 bridgehead atoms. The molecular weight excluding hydrogens is 228 g/mol. The molecule has 1 unspecified atom stereocenters. The maximum Gasteiger partial charge on any atom is 0.257 e. The summed E-state index contributed by atoms with van der Waals surface area (Å²) >= 11 is 0. The lowest BCUT2D eigenvalue weighted by Gasteiger charge is -2.33. The van der Waals surface area contributed by atoms with Crippen molar-refractivity contribution in [1.82, 2.24) is 10.2 Å². The Morgan fingerprint density at radius 2 is 2.44 bits per heavy atom. The molecular formula is C14H22N2O2. The molecule has 4 heteroatoms. The van der Waals surface area contributed by atoms with Gasteiger partial charge in [0.15, 0.2) is 0 Å². The third kappa shape index (κ3) is 2.93. The standard InChI is InChI=1S/C14H22N2O2/c1-3-7-15-12-5-4-8-16(10-12)14(17)13-6-9-18-11(13)2/h6,9,12,15H,3-5,7-8,10H2,1-2H3. The molecule has 0 aliphatic carbocycles. The van der Waals surface area contributed by atoms with E-state index < -0.39 is 0 Å². The quantitative estimate of drug-likeness (QED) is 0.891. The molecule has 0 aromatic carbocycles. The first-order chi connectivity index (χ1) is 8.72. The Kier molecular flexibility index (Phi) is 4.42. The minimum atomic E-state index is 0.101. The fourth-order valence-corrected chi connectivity index (χ4v) is 2.45. The van der Waals surface area contributed by atoms with Crippen LogP contribution in [-0.4, -0.2) is 36.5 Å². The molecule has 1 aromatic rings. The van der Waals surface area contributed by atoms with Gasteiger partial charge in [-0.2, -0.15) is 0 Å². The van der Waals surface area contributed by atoms with Crippen LogP contribution in [0, 0.1) is 6.92 Å². The van der Waals surface area contributed by atoms with Crippen LogP contribution in [0.3, 0.4) is 0 Å². The van der Waals surface area contributed by atoms with Crippen LogP contribution in [0.2, 0.25) is 0 Å². The molecule has 0 radical (unpaired) electrons. The van der Waals surface area contributed by atoms with Gasteiger partial charge in [0.1, 0.15) is 5.76 Å². The second-order valence-electron chi connectivity index (χ2n) is 4.93. The van der Waals surface area contributed by atoms with Crippen LogP contribution in [-0.2, 0) is 0 Å². The lowest BCUT2D eigenvalue weighted by Crippen LogP contribution is -2.48. The van der Waals surface area contributed by atoms with Gasteiger partial charge in [0.25, 0.3) is 5.91 Å². The Labute approximate surface area is 108 Å². The number of nitrogens with zero attached hydrogens (tertiary/aromatic N) is 1. The van der Waals surface area contributed by atoms with Crippen molar-refractivity contribution in [2.24, 2.45) is 0 Å². The number of carbonyl (C=O) groups is 1. The highest BCUT2D eigenvalue weighted by Gasteiger charge is 2.25. The van der Waals surface area contributed by atoms with E-state index in [4.69, 9.17) is 4.42 Å². The van der Waals surface area contributed by atoms with Crippen molar-refractivity contribution in [1.29, 1.82) is 0 Å². The minimum Gasteiger partial charge on any atom is -0.469 e. The number of piperidine rings is 1. The first kappa shape index (κ1) is 13.1. The molecule has 4 nitrogen and oxygen atoms in total. The largest absolute Gasteiger partial charge is 0.469 e. The van der Waals surface area contributed by atoms with Gasteiger partial charge in [-0.25, -0.2) is 0 Å². The van der Waals surface area contributed by atoms with Gasteiger partial charge in [0, 0.05) is 19.1 Å². The van der Waals surface area contributed by atoms with Crippen molar-refractivity contribution in [3.8, 4) is 0 Å². The molecule has 1 aliphatic heterocycles. The molecule has 1 aliphatic rings. The molecule has 1 aromatic heterocycles. The molecule has 0 saturated carbocycles. The van der Waals surface area contributed by atoms with Crippen molar-refractivity contribution < 1.29 is 9.21 Å². The van der Waals surface area contributed by atoms with E-state index >= 15 is 0 Å². The summed E-state index contributed by atoms with van der Waals surface area (Å²) in [6.07, 6.45) is 4.95. The molecule has 0 spiro atoms. The predicted molar refractivity (Wildman–Crippen MR) is 70.7 cm³/mol. The van der Waals surface area contributed by atoms with Gasteiger partial charge in [0.05, 0.1) is 11.8 Å². The van der Waals surface area contributed by atoms with E-state index in [1.54, 1.807) is 12.3 Å².